The highest BCUT2D eigenvalue weighted by atomic mass is 16.2. The molecule has 1 unspecified atom stereocenters. The first-order chi connectivity index (χ1) is 15.0. The van der Waals surface area contributed by atoms with Crippen LogP contribution in [0.3, 0.4) is 0 Å². The molecular weight excluding hydrogens is 394 g/mol. The van der Waals surface area contributed by atoms with Crippen LogP contribution in [0.2, 0.25) is 0 Å². The molecule has 9 heteroatoms. The zero-order valence-electron chi connectivity index (χ0n) is 18.3. The normalized spacial score (nSPS) is 18.9. The summed E-state index contributed by atoms with van der Waals surface area (Å²) in [6, 6.07) is 1.80. The molecule has 1 aliphatic heterocycles. The third kappa shape index (κ3) is 4.27. The first-order valence-corrected chi connectivity index (χ1v) is 11.1. The number of fused-ring (bicyclic) bond motifs is 1. The molecule has 0 radical (unpaired) electrons. The fourth-order valence-corrected chi connectivity index (χ4v) is 4.28. The van der Waals surface area contributed by atoms with E-state index >= 15 is 0 Å². The molecule has 0 spiro atoms. The molecule has 0 saturated carbocycles. The number of carbonyl (C=O) groups is 1. The molecule has 1 saturated heterocycles. The van der Waals surface area contributed by atoms with Gasteiger partial charge in [0.05, 0.1) is 11.4 Å². The number of nitrogens with one attached hydrogen (secondary N) is 2. The monoisotopic (exact) mass is 425 g/mol. The zero-order valence-corrected chi connectivity index (χ0v) is 18.3. The van der Waals surface area contributed by atoms with Crippen LogP contribution in [0.1, 0.15) is 33.1 Å². The predicted molar refractivity (Wildman–Crippen MR) is 122 cm³/mol. The number of amides is 1. The summed E-state index contributed by atoms with van der Waals surface area (Å²) >= 11 is 0. The first-order valence-electron chi connectivity index (χ1n) is 11.1. The van der Waals surface area contributed by atoms with Gasteiger partial charge in [-0.15, -0.1) is 0 Å². The van der Waals surface area contributed by atoms with Crippen molar-refractivity contribution in [1.82, 2.24) is 24.8 Å². The molecule has 2 aliphatic rings. The van der Waals surface area contributed by atoms with Crippen molar-refractivity contribution in [1.29, 1.82) is 0 Å². The number of piperazine rings is 1. The van der Waals surface area contributed by atoms with Crippen molar-refractivity contribution in [3.8, 4) is 0 Å². The minimum Gasteiger partial charge on any atom is -0.369 e. The van der Waals surface area contributed by atoms with Crippen LogP contribution < -0.4 is 21.9 Å². The van der Waals surface area contributed by atoms with Gasteiger partial charge in [0.1, 0.15) is 11.2 Å². The number of rotatable bonds is 7. The maximum atomic E-state index is 13.2. The van der Waals surface area contributed by atoms with Crippen molar-refractivity contribution >= 4 is 28.6 Å². The third-order valence-electron chi connectivity index (χ3n) is 6.28. The Hall–Kier alpha value is -2.94. The van der Waals surface area contributed by atoms with E-state index in [1.165, 1.54) is 0 Å². The van der Waals surface area contributed by atoms with Crippen molar-refractivity contribution in [2.24, 2.45) is 5.92 Å². The molecule has 0 bridgehead atoms. The largest absolute Gasteiger partial charge is 0.369 e. The predicted octanol–water partition coefficient (Wildman–Crippen LogP) is 1.35. The maximum Gasteiger partial charge on any atom is 0.264 e. The number of nitrogens with two attached hydrogens (primary N) is 1. The quantitative estimate of drug-likeness (QED) is 0.453. The Morgan fingerprint density at radius 1 is 1.32 bits per heavy atom. The molecule has 166 valence electrons. The number of anilines is 2. The number of unbranched alkanes of at least 4 members (excludes halogenated alkanes) is 1. The fraction of sp³-hybridized carbons (Fsp3) is 0.545. The van der Waals surface area contributed by atoms with Gasteiger partial charge in [-0.05, 0) is 31.4 Å². The Kier molecular flexibility index (Phi) is 6.22. The summed E-state index contributed by atoms with van der Waals surface area (Å²) in [6.45, 7) is 8.54. The molecule has 2 aromatic rings. The van der Waals surface area contributed by atoms with Crippen LogP contribution >= 0.6 is 0 Å². The lowest BCUT2D eigenvalue weighted by molar-refractivity contribution is -0.135. The van der Waals surface area contributed by atoms with E-state index in [0.717, 1.165) is 56.7 Å². The number of nitrogens with zero attached hydrogens (tertiary/aromatic N) is 4. The van der Waals surface area contributed by atoms with Crippen LogP contribution in [-0.4, -0.2) is 58.1 Å². The minimum absolute atomic E-state index is 0.0568. The van der Waals surface area contributed by atoms with Crippen LogP contribution in [0.25, 0.3) is 10.9 Å². The van der Waals surface area contributed by atoms with Gasteiger partial charge in [-0.25, -0.2) is 4.98 Å². The van der Waals surface area contributed by atoms with Gasteiger partial charge in [0.15, 0.2) is 0 Å². The number of carbonyl (C=O) groups excluding carboxylic acids is 1. The van der Waals surface area contributed by atoms with Gasteiger partial charge >= 0.3 is 0 Å². The summed E-state index contributed by atoms with van der Waals surface area (Å²) in [7, 11) is 0. The fourth-order valence-electron chi connectivity index (χ4n) is 4.28. The lowest BCUT2D eigenvalue weighted by atomic mass is 9.77. The van der Waals surface area contributed by atoms with Crippen LogP contribution in [0.15, 0.2) is 28.2 Å². The van der Waals surface area contributed by atoms with Crippen LogP contribution in [0.5, 0.6) is 0 Å². The van der Waals surface area contributed by atoms with Gasteiger partial charge in [0, 0.05) is 45.5 Å². The Morgan fingerprint density at radius 2 is 2.10 bits per heavy atom. The number of aromatic nitrogens is 3. The Morgan fingerprint density at radius 3 is 2.81 bits per heavy atom. The molecule has 1 amide bonds. The molecule has 0 aromatic carbocycles. The van der Waals surface area contributed by atoms with Crippen molar-refractivity contribution in [2.45, 2.75) is 39.7 Å². The number of hydrogen-bond acceptors (Lipinski definition) is 7. The van der Waals surface area contributed by atoms with Gasteiger partial charge in [-0.2, -0.15) is 4.98 Å². The van der Waals surface area contributed by atoms with Gasteiger partial charge in [-0.3, -0.25) is 9.59 Å². The Balaban J connectivity index is 1.56. The molecule has 3 heterocycles. The summed E-state index contributed by atoms with van der Waals surface area (Å²) in [5.74, 6) is 0.787. The lowest BCUT2D eigenvalue weighted by Crippen LogP contribution is -2.50. The molecule has 1 aliphatic carbocycles. The zero-order chi connectivity index (χ0) is 22.0. The highest BCUT2D eigenvalue weighted by Gasteiger charge is 2.35. The van der Waals surface area contributed by atoms with Gasteiger partial charge in [0.2, 0.25) is 11.9 Å². The topological polar surface area (TPSA) is 118 Å². The number of allylic oxidation sites excluding steroid dienone is 1. The van der Waals surface area contributed by atoms with E-state index in [2.05, 4.69) is 27.5 Å². The van der Waals surface area contributed by atoms with Crippen molar-refractivity contribution < 1.29 is 4.79 Å². The summed E-state index contributed by atoms with van der Waals surface area (Å²) in [6.07, 6.45) is 4.47. The standard InChI is InChI=1S/C22H31N7O2/c1-3-4-6-25-19-18-17(26-22(23)27-19)5-9-29(21(18)31)13-15-12-16(14(15)2)20(30)28-10-7-24-8-11-28/h5,9,16,24H,3-4,6-8,10-13H2,1-2H3,(H3,23,25,26,27). The second kappa shape index (κ2) is 9.05. The van der Waals surface area contributed by atoms with E-state index in [0.29, 0.717) is 29.7 Å². The molecule has 1 fully saturated rings. The molecule has 4 rings (SSSR count). The summed E-state index contributed by atoms with van der Waals surface area (Å²) in [5, 5.41) is 6.97. The van der Waals surface area contributed by atoms with Crippen molar-refractivity contribution in [3.63, 3.8) is 0 Å². The van der Waals surface area contributed by atoms with Crippen LogP contribution in [0, 0.1) is 5.92 Å². The Labute approximate surface area is 181 Å². The van der Waals surface area contributed by atoms with Gasteiger partial charge < -0.3 is 25.8 Å². The van der Waals surface area contributed by atoms with E-state index in [1.807, 2.05) is 11.8 Å². The third-order valence-corrected chi connectivity index (χ3v) is 6.28. The summed E-state index contributed by atoms with van der Waals surface area (Å²) < 4.78 is 1.68. The summed E-state index contributed by atoms with van der Waals surface area (Å²) in [5.41, 5.74) is 8.46. The molecule has 1 atom stereocenters. The second-order valence-electron chi connectivity index (χ2n) is 8.34. The van der Waals surface area contributed by atoms with Crippen molar-refractivity contribution in [3.05, 3.63) is 33.8 Å². The van der Waals surface area contributed by atoms with Crippen LogP contribution in [-0.2, 0) is 11.3 Å². The molecule has 2 aromatic heterocycles. The van der Waals surface area contributed by atoms with Crippen LogP contribution in [0.4, 0.5) is 11.8 Å². The van der Waals surface area contributed by atoms with Gasteiger partial charge in [0.25, 0.3) is 5.56 Å². The van der Waals surface area contributed by atoms with E-state index in [9.17, 15) is 9.59 Å². The number of pyridine rings is 1. The average Bonchev–Trinajstić information content (AvgIpc) is 2.77. The lowest BCUT2D eigenvalue weighted by Gasteiger charge is -2.37. The van der Waals surface area contributed by atoms with Gasteiger partial charge in [-0.1, -0.05) is 18.9 Å². The number of hydrogen-bond donors (Lipinski definition) is 3. The maximum absolute atomic E-state index is 13.2. The average molecular weight is 426 g/mol. The van der Waals surface area contributed by atoms with E-state index in [-0.39, 0.29) is 23.3 Å². The number of nitrogen functional groups attached to an aromatic ring is 1. The second-order valence-corrected chi connectivity index (χ2v) is 8.34. The summed E-state index contributed by atoms with van der Waals surface area (Å²) in [4.78, 5) is 36.5. The highest BCUT2D eigenvalue weighted by molar-refractivity contribution is 5.89. The Bertz CT molecular complexity index is 1070. The highest BCUT2D eigenvalue weighted by Crippen LogP contribution is 2.36. The first kappa shape index (κ1) is 21.3. The van der Waals surface area contributed by atoms with Crippen molar-refractivity contribution in [2.75, 3.05) is 43.8 Å². The SMILES string of the molecule is CCCCNc1nc(N)nc2ccn(CC3=C(C)C(C(=O)N4CCNCC4)C3)c(=O)c12. The molecular formula is C22H31N7O2. The molecule has 4 N–H and O–H groups in total. The smallest absolute Gasteiger partial charge is 0.264 e. The minimum atomic E-state index is -0.145. The molecule has 9 nitrogen and oxygen atoms in total. The molecule has 31 heavy (non-hydrogen) atoms. The van der Waals surface area contributed by atoms with E-state index < -0.39 is 0 Å². The van der Waals surface area contributed by atoms with E-state index in [4.69, 9.17) is 5.73 Å². The van der Waals surface area contributed by atoms with E-state index in [1.54, 1.807) is 16.8 Å².